The minimum absolute atomic E-state index is 0. The summed E-state index contributed by atoms with van der Waals surface area (Å²) in [5.41, 5.74) is 10.9. The maximum Gasteiger partial charge on any atom is -0.172 e. The van der Waals surface area contributed by atoms with Crippen LogP contribution in [0.5, 0.6) is 0 Å². The second-order valence-electron chi connectivity index (χ2n) is 13.6. The topological polar surface area (TPSA) is 0 Å². The van der Waals surface area contributed by atoms with Gasteiger partial charge in [-0.1, -0.05) is 76.3 Å². The Hall–Kier alpha value is -2.65. The first-order chi connectivity index (χ1) is 21.0. The molecule has 1 aliphatic rings. The molecule has 0 aliphatic heterocycles. The summed E-state index contributed by atoms with van der Waals surface area (Å²) in [6.07, 6.45) is -3.26. The summed E-state index contributed by atoms with van der Waals surface area (Å²) >= 11 is 1.10. The van der Waals surface area contributed by atoms with Gasteiger partial charge in [0.2, 0.25) is 0 Å². The maximum atomic E-state index is 12.7. The number of rotatable bonds is 2. The predicted molar refractivity (Wildman–Crippen MR) is 179 cm³/mol. The molecule has 0 nitrogen and oxygen atoms in total. The van der Waals surface area contributed by atoms with Crippen LogP contribution in [-0.4, -0.2) is 3.21 Å². The quantitative estimate of drug-likeness (QED) is 0.214. The fraction of sp³-hybridized carbons (Fsp3) is 0.268. The third-order valence-corrected chi connectivity index (χ3v) is 9.32. The molecule has 0 amide bonds. The molecule has 6 rings (SSSR count). The Kier molecular flexibility index (Phi) is 14.4. The first-order valence-electron chi connectivity index (χ1n) is 15.2. The second kappa shape index (κ2) is 16.6. The summed E-state index contributed by atoms with van der Waals surface area (Å²) in [4.78, 5) is 0. The Bertz CT molecular complexity index is 1660. The van der Waals surface area contributed by atoms with Crippen LogP contribution in [0.4, 0.5) is 13.2 Å². The van der Waals surface area contributed by atoms with Crippen molar-refractivity contribution in [3.63, 3.8) is 0 Å². The van der Waals surface area contributed by atoms with E-state index in [0.717, 1.165) is 51.1 Å². The van der Waals surface area contributed by atoms with Gasteiger partial charge in [0.15, 0.2) is 0 Å². The van der Waals surface area contributed by atoms with Gasteiger partial charge in [-0.3, -0.25) is 0 Å². The van der Waals surface area contributed by atoms with E-state index in [9.17, 15) is 13.2 Å². The average molecular weight is 753 g/mol. The molecular weight excluding hydrogens is 712 g/mol. The summed E-state index contributed by atoms with van der Waals surface area (Å²) in [5.74, 6) is 0. The van der Waals surface area contributed by atoms with Crippen LogP contribution in [0, 0.1) is 13.0 Å². The number of alkyl halides is 3. The minimum atomic E-state index is -4.29. The molecule has 47 heavy (non-hydrogen) atoms. The van der Waals surface area contributed by atoms with Crippen LogP contribution in [0.25, 0.3) is 11.1 Å². The van der Waals surface area contributed by atoms with Crippen molar-refractivity contribution in [2.75, 3.05) is 0 Å². The van der Waals surface area contributed by atoms with E-state index in [1.165, 1.54) is 45.5 Å². The Morgan fingerprint density at radius 1 is 0.681 bits per heavy atom. The first-order valence-corrected chi connectivity index (χ1v) is 16.5. The number of hydrogen-bond donors (Lipinski definition) is 0. The SMILES string of the molecule is CC(C)(C)c1c[c-]c2c(c1)-c1cc(C(C)(C)C)ccc1C2.Cc1ccc([C](=[Zr+2])c2cccc(C(F)(F)F)c2)cc1.[Cl-].[Cl-].c1cc[cH-]c1. The van der Waals surface area contributed by atoms with Crippen molar-refractivity contribution in [3.05, 3.63) is 160 Å². The molecule has 0 unspecified atom stereocenters. The van der Waals surface area contributed by atoms with Crippen LogP contribution in [-0.2, 0) is 47.7 Å². The smallest absolute Gasteiger partial charge is 0.172 e. The van der Waals surface area contributed by atoms with Gasteiger partial charge in [-0.2, -0.15) is 47.5 Å². The molecule has 6 heteroatoms. The van der Waals surface area contributed by atoms with E-state index in [0.29, 0.717) is 5.56 Å². The van der Waals surface area contributed by atoms with Gasteiger partial charge in [0.25, 0.3) is 0 Å². The molecule has 0 radical (unpaired) electrons. The van der Waals surface area contributed by atoms with Crippen LogP contribution in [0.1, 0.15) is 86.1 Å². The van der Waals surface area contributed by atoms with Gasteiger partial charge in [-0.05, 0) is 17.4 Å². The Morgan fingerprint density at radius 3 is 1.81 bits per heavy atom. The molecule has 1 aliphatic carbocycles. The van der Waals surface area contributed by atoms with Gasteiger partial charge in [0.05, 0.1) is 0 Å². The molecule has 5 aromatic carbocycles. The third-order valence-electron chi connectivity index (χ3n) is 7.90. The molecule has 0 spiro atoms. The van der Waals surface area contributed by atoms with E-state index < -0.39 is 11.7 Å². The molecule has 0 aromatic heterocycles. The van der Waals surface area contributed by atoms with Gasteiger partial charge in [0.1, 0.15) is 0 Å². The fourth-order valence-corrected chi connectivity index (χ4v) is 5.84. The summed E-state index contributed by atoms with van der Waals surface area (Å²) in [7, 11) is 0. The maximum absolute atomic E-state index is 12.7. The minimum Gasteiger partial charge on any atom is -1.00 e. The fourth-order valence-electron chi connectivity index (χ4n) is 5.04. The normalized spacial score (nSPS) is 11.7. The molecule has 246 valence electrons. The summed E-state index contributed by atoms with van der Waals surface area (Å²) in [6.45, 7) is 15.6. The molecule has 0 saturated carbocycles. The van der Waals surface area contributed by atoms with Crippen LogP contribution < -0.4 is 24.8 Å². The number of hydrogen-bond acceptors (Lipinski definition) is 0. The van der Waals surface area contributed by atoms with E-state index in [1.54, 1.807) is 6.07 Å². The third kappa shape index (κ3) is 10.9. The van der Waals surface area contributed by atoms with Gasteiger partial charge in [-0.25, -0.2) is 12.1 Å². The van der Waals surface area contributed by atoms with E-state index >= 15 is 0 Å². The zero-order valence-electron chi connectivity index (χ0n) is 28.0. The van der Waals surface area contributed by atoms with Gasteiger partial charge in [0, 0.05) is 0 Å². The molecule has 5 aromatic rings. The Labute approximate surface area is 306 Å². The van der Waals surface area contributed by atoms with Crippen LogP contribution in [0.3, 0.4) is 0 Å². The van der Waals surface area contributed by atoms with E-state index in [2.05, 4.69) is 77.9 Å². The van der Waals surface area contributed by atoms with Crippen molar-refractivity contribution in [3.8, 4) is 11.1 Å². The molecule has 0 bridgehead atoms. The Morgan fingerprint density at radius 2 is 1.28 bits per heavy atom. The monoisotopic (exact) mass is 750 g/mol. The van der Waals surface area contributed by atoms with Crippen molar-refractivity contribution in [1.82, 2.24) is 0 Å². The van der Waals surface area contributed by atoms with Gasteiger partial charge in [-0.15, -0.1) is 5.56 Å². The molecule has 0 N–H and O–H groups in total. The Balaban J connectivity index is 0.000000275. The summed E-state index contributed by atoms with van der Waals surface area (Å²) in [6, 6.07) is 38.4. The molecule has 0 atom stereocenters. The standard InChI is InChI=1S/C21H25.C15H11F3.C5H5.2ClH.Zr/c1-20(2,3)16-9-7-14-11-15-8-10-17(21(4,5)6)13-19(15)18(14)12-16;1-11-5-7-12(8-6-11)9-13-3-2-4-14(10-13)15(16,17)18;1-2-4-5-3-1;;;/h7,9-10,12-13H,11H2,1-6H3;2-8,10H,1H3;1-5H;2*1H;/q-1;;-1;;;+2/p-2. The van der Waals surface area contributed by atoms with Crippen molar-refractivity contribution >= 4 is 3.21 Å². The second-order valence-corrected chi connectivity index (χ2v) is 14.8. The molecular formula is C41H41Cl2F3Zr-2. The van der Waals surface area contributed by atoms with E-state index in [-0.39, 0.29) is 35.6 Å². The average Bonchev–Trinajstić information content (AvgIpc) is 3.68. The summed E-state index contributed by atoms with van der Waals surface area (Å²) in [5, 5.41) is 0. The zero-order chi connectivity index (χ0) is 33.0. The van der Waals surface area contributed by atoms with Crippen molar-refractivity contribution < 1.29 is 62.2 Å². The van der Waals surface area contributed by atoms with Crippen LogP contribution >= 0.6 is 0 Å². The van der Waals surface area contributed by atoms with Gasteiger partial charge < -0.3 is 24.8 Å². The number of fused-ring (bicyclic) bond motifs is 3. The zero-order valence-corrected chi connectivity index (χ0v) is 32.0. The van der Waals surface area contributed by atoms with E-state index in [4.69, 9.17) is 0 Å². The molecule has 0 heterocycles. The molecule has 0 fully saturated rings. The van der Waals surface area contributed by atoms with Gasteiger partial charge >= 0.3 is 124 Å². The number of halogens is 5. The largest absolute Gasteiger partial charge is 1.00 e. The predicted octanol–water partition coefficient (Wildman–Crippen LogP) is 5.20. The number of benzene rings is 4. The van der Waals surface area contributed by atoms with Crippen molar-refractivity contribution in [1.29, 1.82) is 0 Å². The van der Waals surface area contributed by atoms with Crippen molar-refractivity contribution in [2.45, 2.75) is 71.9 Å². The van der Waals surface area contributed by atoms with E-state index in [1.807, 2.05) is 61.5 Å². The summed E-state index contributed by atoms with van der Waals surface area (Å²) < 4.78 is 39.0. The van der Waals surface area contributed by atoms with Crippen LogP contribution in [0.2, 0.25) is 0 Å². The molecule has 0 saturated heterocycles. The number of aryl methyl sites for hydroxylation is 1. The van der Waals surface area contributed by atoms with Crippen LogP contribution in [0.15, 0.2) is 109 Å². The van der Waals surface area contributed by atoms with Crippen molar-refractivity contribution in [2.24, 2.45) is 0 Å². The first kappa shape index (κ1) is 40.5.